The first kappa shape index (κ1) is 18.5. The Hall–Kier alpha value is -3.31. The zero-order chi connectivity index (χ0) is 18.9. The van der Waals surface area contributed by atoms with Gasteiger partial charge in [0.05, 0.1) is 13.2 Å². The van der Waals surface area contributed by atoms with Gasteiger partial charge in [0.2, 0.25) is 0 Å². The number of guanidine groups is 1. The van der Waals surface area contributed by atoms with Gasteiger partial charge in [0, 0.05) is 18.9 Å². The summed E-state index contributed by atoms with van der Waals surface area (Å²) in [5, 5.41) is 3.11. The lowest BCUT2D eigenvalue weighted by Crippen LogP contribution is -2.22. The van der Waals surface area contributed by atoms with Gasteiger partial charge >= 0.3 is 0 Å². The lowest BCUT2D eigenvalue weighted by atomic mass is 10.1. The summed E-state index contributed by atoms with van der Waals surface area (Å²) in [5.74, 6) is 1.86. The van der Waals surface area contributed by atoms with Crippen LogP contribution in [0.15, 0.2) is 83.9 Å². The van der Waals surface area contributed by atoms with Crippen LogP contribution in [0.2, 0.25) is 0 Å². The van der Waals surface area contributed by atoms with Crippen molar-refractivity contribution in [1.29, 1.82) is 0 Å². The number of para-hydroxylation sites is 1. The lowest BCUT2D eigenvalue weighted by molar-refractivity contribution is 0.184. The number of benzene rings is 3. The number of nitrogens with zero attached hydrogens (tertiary/aromatic N) is 1. The first-order valence-corrected chi connectivity index (χ1v) is 8.70. The van der Waals surface area contributed by atoms with Gasteiger partial charge in [-0.1, -0.05) is 48.5 Å². The number of methoxy groups -OCH3 is 1. The third-order valence-electron chi connectivity index (χ3n) is 3.92. The second-order valence-electron chi connectivity index (χ2n) is 5.97. The highest BCUT2D eigenvalue weighted by Crippen LogP contribution is 2.23. The minimum Gasteiger partial charge on any atom is -0.457 e. The van der Waals surface area contributed by atoms with E-state index < -0.39 is 0 Å². The molecule has 5 nitrogen and oxygen atoms in total. The molecule has 0 bridgehead atoms. The first-order valence-electron chi connectivity index (χ1n) is 8.70. The summed E-state index contributed by atoms with van der Waals surface area (Å²) in [7, 11) is 1.68. The van der Waals surface area contributed by atoms with Gasteiger partial charge in [-0.15, -0.1) is 0 Å². The molecule has 0 spiro atoms. The summed E-state index contributed by atoms with van der Waals surface area (Å²) in [6, 6.07) is 25.3. The van der Waals surface area contributed by atoms with Crippen LogP contribution in [0.25, 0.3) is 0 Å². The van der Waals surface area contributed by atoms with E-state index in [0.717, 1.165) is 28.3 Å². The first-order chi connectivity index (χ1) is 13.2. The summed E-state index contributed by atoms with van der Waals surface area (Å²) in [6.07, 6.45) is 0. The van der Waals surface area contributed by atoms with E-state index >= 15 is 0 Å². The van der Waals surface area contributed by atoms with E-state index in [1.807, 2.05) is 78.9 Å². The van der Waals surface area contributed by atoms with E-state index in [4.69, 9.17) is 15.2 Å². The number of rotatable bonds is 7. The van der Waals surface area contributed by atoms with Gasteiger partial charge in [-0.05, 0) is 35.4 Å². The van der Waals surface area contributed by atoms with Crippen molar-refractivity contribution in [3.8, 4) is 11.5 Å². The Labute approximate surface area is 159 Å². The summed E-state index contributed by atoms with van der Waals surface area (Å²) in [4.78, 5) is 4.43. The number of anilines is 1. The van der Waals surface area contributed by atoms with Crippen LogP contribution in [0, 0.1) is 0 Å². The third-order valence-corrected chi connectivity index (χ3v) is 3.92. The number of nitrogens with two attached hydrogens (primary N) is 1. The molecule has 0 saturated carbocycles. The number of ether oxygens (including phenoxy) is 2. The van der Waals surface area contributed by atoms with Gasteiger partial charge in [-0.3, -0.25) is 0 Å². The zero-order valence-corrected chi connectivity index (χ0v) is 15.3. The number of aliphatic imine (C=N–C) groups is 1. The van der Waals surface area contributed by atoms with E-state index in [-0.39, 0.29) is 0 Å². The van der Waals surface area contributed by atoms with Crippen LogP contribution in [0.4, 0.5) is 5.69 Å². The fourth-order valence-corrected chi connectivity index (χ4v) is 2.63. The normalized spacial score (nSPS) is 11.2. The zero-order valence-electron chi connectivity index (χ0n) is 15.3. The molecule has 0 aliphatic heterocycles. The molecular weight excluding hydrogens is 338 g/mol. The van der Waals surface area contributed by atoms with Gasteiger partial charge in [0.25, 0.3) is 0 Å². The molecule has 0 aliphatic rings. The summed E-state index contributed by atoms with van der Waals surface area (Å²) < 4.78 is 11.1. The van der Waals surface area contributed by atoms with Crippen molar-refractivity contribution in [1.82, 2.24) is 0 Å². The van der Waals surface area contributed by atoms with Crippen molar-refractivity contribution >= 4 is 11.6 Å². The van der Waals surface area contributed by atoms with E-state index in [9.17, 15) is 0 Å². The molecule has 3 aromatic carbocycles. The Balaban J connectivity index is 1.64. The van der Waals surface area contributed by atoms with Crippen LogP contribution in [-0.2, 0) is 17.9 Å². The van der Waals surface area contributed by atoms with Gasteiger partial charge in [-0.25, -0.2) is 4.99 Å². The molecule has 0 atom stereocenters. The van der Waals surface area contributed by atoms with Crippen LogP contribution in [0.3, 0.4) is 0 Å². The Morgan fingerprint density at radius 1 is 0.889 bits per heavy atom. The van der Waals surface area contributed by atoms with Gasteiger partial charge in [-0.2, -0.15) is 0 Å². The van der Waals surface area contributed by atoms with E-state index in [0.29, 0.717) is 19.1 Å². The Morgan fingerprint density at radius 2 is 1.59 bits per heavy atom. The molecule has 0 unspecified atom stereocenters. The van der Waals surface area contributed by atoms with E-state index in [2.05, 4.69) is 10.3 Å². The standard InChI is InChI=1S/C22H23N3O2/c1-26-16-18-9-6-5-8-17(18)15-24-22(23)25-19-10-7-13-21(14-19)27-20-11-3-2-4-12-20/h2-14H,15-16H2,1H3,(H3,23,24,25). The summed E-state index contributed by atoms with van der Waals surface area (Å²) >= 11 is 0. The number of hydrogen-bond donors (Lipinski definition) is 2. The van der Waals surface area contributed by atoms with E-state index in [1.54, 1.807) is 7.11 Å². The molecule has 27 heavy (non-hydrogen) atoms. The Kier molecular flexibility index (Phi) is 6.44. The average molecular weight is 361 g/mol. The molecule has 0 aromatic heterocycles. The smallest absolute Gasteiger partial charge is 0.193 e. The lowest BCUT2D eigenvalue weighted by Gasteiger charge is -2.10. The van der Waals surface area contributed by atoms with Crippen molar-refractivity contribution in [2.45, 2.75) is 13.2 Å². The molecular formula is C22H23N3O2. The molecule has 138 valence electrons. The van der Waals surface area contributed by atoms with Crippen molar-refractivity contribution < 1.29 is 9.47 Å². The molecule has 0 aliphatic carbocycles. The quantitative estimate of drug-likeness (QED) is 0.478. The highest BCUT2D eigenvalue weighted by Gasteiger charge is 2.03. The molecule has 0 saturated heterocycles. The number of nitrogens with one attached hydrogen (secondary N) is 1. The van der Waals surface area contributed by atoms with Crippen LogP contribution in [0.1, 0.15) is 11.1 Å². The Bertz CT molecular complexity index is 895. The fraction of sp³-hybridized carbons (Fsp3) is 0.136. The van der Waals surface area contributed by atoms with Crippen LogP contribution in [0.5, 0.6) is 11.5 Å². The number of hydrogen-bond acceptors (Lipinski definition) is 3. The highest BCUT2D eigenvalue weighted by molar-refractivity contribution is 5.92. The van der Waals surface area contributed by atoms with Gasteiger partial charge in [0.1, 0.15) is 11.5 Å². The highest BCUT2D eigenvalue weighted by atomic mass is 16.5. The van der Waals surface area contributed by atoms with Crippen LogP contribution in [-0.4, -0.2) is 13.1 Å². The molecule has 3 N–H and O–H groups in total. The maximum Gasteiger partial charge on any atom is 0.193 e. The van der Waals surface area contributed by atoms with Crippen molar-refractivity contribution in [3.05, 3.63) is 90.0 Å². The average Bonchev–Trinajstić information content (AvgIpc) is 2.69. The summed E-state index contributed by atoms with van der Waals surface area (Å²) in [6.45, 7) is 1.04. The predicted molar refractivity (Wildman–Crippen MR) is 109 cm³/mol. The molecule has 0 amide bonds. The molecule has 5 heteroatoms. The topological polar surface area (TPSA) is 68.9 Å². The summed E-state index contributed by atoms with van der Waals surface area (Å²) in [5.41, 5.74) is 9.06. The monoisotopic (exact) mass is 361 g/mol. The van der Waals surface area contributed by atoms with E-state index in [1.165, 1.54) is 0 Å². The second-order valence-corrected chi connectivity index (χ2v) is 5.97. The largest absolute Gasteiger partial charge is 0.457 e. The van der Waals surface area contributed by atoms with Crippen LogP contribution < -0.4 is 15.8 Å². The fourth-order valence-electron chi connectivity index (χ4n) is 2.63. The molecule has 3 rings (SSSR count). The second kappa shape index (κ2) is 9.40. The van der Waals surface area contributed by atoms with Crippen molar-refractivity contribution in [2.24, 2.45) is 10.7 Å². The minimum atomic E-state index is 0.346. The van der Waals surface area contributed by atoms with Crippen molar-refractivity contribution in [3.63, 3.8) is 0 Å². The van der Waals surface area contributed by atoms with Crippen LogP contribution >= 0.6 is 0 Å². The predicted octanol–water partition coefficient (Wildman–Crippen LogP) is 4.55. The minimum absolute atomic E-state index is 0.346. The maximum atomic E-state index is 6.05. The third kappa shape index (κ3) is 5.59. The molecule has 3 aromatic rings. The SMILES string of the molecule is COCc1ccccc1CN=C(N)Nc1cccc(Oc2ccccc2)c1. The van der Waals surface area contributed by atoms with Gasteiger partial charge in [0.15, 0.2) is 5.96 Å². The maximum absolute atomic E-state index is 6.05. The van der Waals surface area contributed by atoms with Gasteiger partial charge < -0.3 is 20.5 Å². The molecule has 0 heterocycles. The van der Waals surface area contributed by atoms with Crippen molar-refractivity contribution in [2.75, 3.05) is 12.4 Å². The molecule has 0 radical (unpaired) electrons. The molecule has 0 fully saturated rings. The Morgan fingerprint density at radius 3 is 2.37 bits per heavy atom.